The van der Waals surface area contributed by atoms with Gasteiger partial charge in [-0.05, 0) is 31.0 Å². The van der Waals surface area contributed by atoms with Crippen molar-refractivity contribution in [3.05, 3.63) is 29.6 Å². The van der Waals surface area contributed by atoms with Crippen LogP contribution in [0.15, 0.2) is 18.2 Å². The zero-order chi connectivity index (χ0) is 14.2. The van der Waals surface area contributed by atoms with Crippen molar-refractivity contribution in [2.75, 3.05) is 19.1 Å². The van der Waals surface area contributed by atoms with Gasteiger partial charge in [-0.15, -0.1) is 11.6 Å². The fourth-order valence-electron chi connectivity index (χ4n) is 2.08. The largest absolute Gasteiger partial charge is 0.490 e. The number of rotatable bonds is 5. The van der Waals surface area contributed by atoms with Crippen LogP contribution in [0.1, 0.15) is 31.2 Å². The second-order valence-corrected chi connectivity index (χ2v) is 5.04. The van der Waals surface area contributed by atoms with Crippen LogP contribution < -0.4 is 4.74 Å². The molecule has 0 spiro atoms. The van der Waals surface area contributed by atoms with E-state index in [1.807, 2.05) is 0 Å². The van der Waals surface area contributed by atoms with Gasteiger partial charge in [0, 0.05) is 30.9 Å². The van der Waals surface area contributed by atoms with Gasteiger partial charge in [0.05, 0.1) is 12.7 Å². The van der Waals surface area contributed by atoms with Gasteiger partial charge in [0.1, 0.15) is 0 Å². The predicted octanol–water partition coefficient (Wildman–Crippen LogP) is 3.75. The van der Waals surface area contributed by atoms with Crippen molar-refractivity contribution < 1.29 is 13.9 Å². The first-order chi connectivity index (χ1) is 9.79. The predicted molar refractivity (Wildman–Crippen MR) is 77.7 cm³/mol. The number of ether oxygens (including phenoxy) is 2. The Bertz CT molecular complexity index is 487. The molecule has 1 aromatic rings. The Kier molecular flexibility index (Phi) is 6.17. The number of benzene rings is 1. The molecule has 0 aliphatic carbocycles. The van der Waals surface area contributed by atoms with E-state index in [-0.39, 0.29) is 17.7 Å². The summed E-state index contributed by atoms with van der Waals surface area (Å²) in [5.41, 5.74) is 0.739. The number of hydrogen-bond donors (Lipinski definition) is 0. The van der Waals surface area contributed by atoms with Crippen LogP contribution in [0.2, 0.25) is 0 Å². The first kappa shape index (κ1) is 15.2. The van der Waals surface area contributed by atoms with Crippen LogP contribution in [0.5, 0.6) is 5.75 Å². The summed E-state index contributed by atoms with van der Waals surface area (Å²) in [6.07, 6.45) is 3.83. The summed E-state index contributed by atoms with van der Waals surface area (Å²) in [4.78, 5) is 0. The third kappa shape index (κ3) is 4.70. The van der Waals surface area contributed by atoms with E-state index in [0.717, 1.165) is 31.4 Å². The van der Waals surface area contributed by atoms with Crippen molar-refractivity contribution >= 4 is 11.6 Å². The lowest BCUT2D eigenvalue weighted by molar-refractivity contribution is 0.0897. The molecular weight excluding hydrogens is 279 g/mol. The molecule has 1 fully saturated rings. The SMILES string of the molecule is Fc1ccc(C#CCCCl)cc1OCCC1CCCO1. The van der Waals surface area contributed by atoms with E-state index in [1.165, 1.54) is 6.07 Å². The lowest BCUT2D eigenvalue weighted by atomic mass is 10.2. The van der Waals surface area contributed by atoms with Gasteiger partial charge in [0.15, 0.2) is 11.6 Å². The standard InChI is InChI=1S/C16H18ClFO2/c17-9-2-1-4-13-6-7-15(18)16(12-13)20-11-8-14-5-3-10-19-14/h6-7,12,14H,2-3,5,8-11H2. The fraction of sp³-hybridized carbons (Fsp3) is 0.500. The zero-order valence-corrected chi connectivity index (χ0v) is 12.1. The molecule has 1 unspecified atom stereocenters. The summed E-state index contributed by atoms with van der Waals surface area (Å²) < 4.78 is 24.6. The lowest BCUT2D eigenvalue weighted by Gasteiger charge is -2.11. The van der Waals surface area contributed by atoms with E-state index in [2.05, 4.69) is 11.8 Å². The Hall–Kier alpha value is -1.24. The molecule has 1 aliphatic rings. The Morgan fingerprint density at radius 1 is 1.45 bits per heavy atom. The highest BCUT2D eigenvalue weighted by Gasteiger charge is 2.15. The van der Waals surface area contributed by atoms with E-state index in [9.17, 15) is 4.39 Å². The zero-order valence-electron chi connectivity index (χ0n) is 11.3. The maximum absolute atomic E-state index is 13.6. The van der Waals surface area contributed by atoms with E-state index < -0.39 is 0 Å². The molecule has 20 heavy (non-hydrogen) atoms. The molecule has 2 nitrogen and oxygen atoms in total. The average Bonchev–Trinajstić information content (AvgIpc) is 2.95. The summed E-state index contributed by atoms with van der Waals surface area (Å²) in [6.45, 7) is 1.28. The van der Waals surface area contributed by atoms with Gasteiger partial charge < -0.3 is 9.47 Å². The first-order valence-electron chi connectivity index (χ1n) is 6.88. The minimum atomic E-state index is -0.361. The summed E-state index contributed by atoms with van der Waals surface area (Å²) in [5, 5.41) is 0. The molecule has 0 amide bonds. The summed E-state index contributed by atoms with van der Waals surface area (Å²) >= 11 is 5.56. The van der Waals surface area contributed by atoms with Crippen molar-refractivity contribution in [3.8, 4) is 17.6 Å². The maximum Gasteiger partial charge on any atom is 0.165 e. The fourth-order valence-corrected chi connectivity index (χ4v) is 2.17. The van der Waals surface area contributed by atoms with E-state index >= 15 is 0 Å². The lowest BCUT2D eigenvalue weighted by Crippen LogP contribution is -2.11. The summed E-state index contributed by atoms with van der Waals surface area (Å²) in [7, 11) is 0. The number of alkyl halides is 1. The van der Waals surface area contributed by atoms with E-state index in [1.54, 1.807) is 12.1 Å². The molecule has 1 aliphatic heterocycles. The summed E-state index contributed by atoms with van der Waals surface area (Å²) in [6, 6.07) is 4.65. The minimum absolute atomic E-state index is 0.251. The highest BCUT2D eigenvalue weighted by Crippen LogP contribution is 2.20. The minimum Gasteiger partial charge on any atom is -0.490 e. The van der Waals surface area contributed by atoms with Crippen molar-refractivity contribution in [2.45, 2.75) is 31.8 Å². The third-order valence-corrected chi connectivity index (χ3v) is 3.29. The average molecular weight is 297 g/mol. The second-order valence-electron chi connectivity index (χ2n) is 4.66. The molecule has 1 heterocycles. The van der Waals surface area contributed by atoms with Gasteiger partial charge in [-0.25, -0.2) is 4.39 Å². The van der Waals surface area contributed by atoms with Crippen molar-refractivity contribution in [1.82, 2.24) is 0 Å². The van der Waals surface area contributed by atoms with Crippen molar-refractivity contribution in [3.63, 3.8) is 0 Å². The van der Waals surface area contributed by atoms with E-state index in [0.29, 0.717) is 18.9 Å². The van der Waals surface area contributed by atoms with Gasteiger partial charge in [-0.1, -0.05) is 11.8 Å². The summed E-state index contributed by atoms with van der Waals surface area (Å²) in [5.74, 6) is 6.25. The van der Waals surface area contributed by atoms with Crippen LogP contribution in [0, 0.1) is 17.7 Å². The number of hydrogen-bond acceptors (Lipinski definition) is 2. The molecule has 0 aromatic heterocycles. The third-order valence-electron chi connectivity index (χ3n) is 3.10. The van der Waals surface area contributed by atoms with Crippen LogP contribution in [-0.2, 0) is 4.74 Å². The topological polar surface area (TPSA) is 18.5 Å². The van der Waals surface area contributed by atoms with Gasteiger partial charge >= 0.3 is 0 Å². The molecule has 0 saturated carbocycles. The molecule has 108 valence electrons. The molecule has 1 saturated heterocycles. The molecule has 2 rings (SSSR count). The molecule has 0 bridgehead atoms. The van der Waals surface area contributed by atoms with Gasteiger partial charge in [-0.3, -0.25) is 0 Å². The Morgan fingerprint density at radius 2 is 2.35 bits per heavy atom. The molecule has 0 N–H and O–H groups in total. The van der Waals surface area contributed by atoms with Crippen LogP contribution in [0.25, 0.3) is 0 Å². The maximum atomic E-state index is 13.6. The Morgan fingerprint density at radius 3 is 3.10 bits per heavy atom. The quantitative estimate of drug-likeness (QED) is 0.608. The van der Waals surface area contributed by atoms with Crippen LogP contribution >= 0.6 is 11.6 Å². The van der Waals surface area contributed by atoms with E-state index in [4.69, 9.17) is 21.1 Å². The Labute approximate surface area is 124 Å². The molecule has 0 radical (unpaired) electrons. The van der Waals surface area contributed by atoms with Crippen LogP contribution in [0.4, 0.5) is 4.39 Å². The van der Waals surface area contributed by atoms with Gasteiger partial charge in [0.25, 0.3) is 0 Å². The molecule has 4 heteroatoms. The molecule has 1 atom stereocenters. The Balaban J connectivity index is 1.89. The monoisotopic (exact) mass is 296 g/mol. The van der Waals surface area contributed by atoms with Crippen molar-refractivity contribution in [1.29, 1.82) is 0 Å². The number of halogens is 2. The highest BCUT2D eigenvalue weighted by molar-refractivity contribution is 6.18. The smallest absolute Gasteiger partial charge is 0.165 e. The van der Waals surface area contributed by atoms with Gasteiger partial charge in [0.2, 0.25) is 0 Å². The molecule has 1 aromatic carbocycles. The van der Waals surface area contributed by atoms with Crippen LogP contribution in [-0.4, -0.2) is 25.2 Å². The van der Waals surface area contributed by atoms with Crippen LogP contribution in [0.3, 0.4) is 0 Å². The van der Waals surface area contributed by atoms with Crippen molar-refractivity contribution in [2.24, 2.45) is 0 Å². The second kappa shape index (κ2) is 8.14. The molecular formula is C16H18ClFO2. The normalized spacial score (nSPS) is 17.6. The van der Waals surface area contributed by atoms with Gasteiger partial charge in [-0.2, -0.15) is 0 Å². The first-order valence-corrected chi connectivity index (χ1v) is 7.42. The highest BCUT2D eigenvalue weighted by atomic mass is 35.5.